The minimum Gasteiger partial charge on any atom is -0.494 e. The van der Waals surface area contributed by atoms with Crippen LogP contribution in [0.3, 0.4) is 0 Å². The molecular weight excluding hydrogens is 262 g/mol. The fourth-order valence-corrected chi connectivity index (χ4v) is 2.24. The molecule has 0 bridgehead atoms. The van der Waals surface area contributed by atoms with Gasteiger partial charge < -0.3 is 10.5 Å². The zero-order valence-corrected chi connectivity index (χ0v) is 13.0. The van der Waals surface area contributed by atoms with Gasteiger partial charge >= 0.3 is 0 Å². The Morgan fingerprint density at radius 1 is 1.29 bits per heavy atom. The molecule has 0 spiro atoms. The molecule has 1 aromatic heterocycles. The molecule has 4 nitrogen and oxygen atoms in total. The van der Waals surface area contributed by atoms with Crippen molar-refractivity contribution in [3.05, 3.63) is 47.8 Å². The molecule has 0 aliphatic rings. The summed E-state index contributed by atoms with van der Waals surface area (Å²) in [6.07, 6.45) is 8.05. The van der Waals surface area contributed by atoms with Crippen molar-refractivity contribution in [2.24, 2.45) is 12.8 Å². The van der Waals surface area contributed by atoms with Crippen LogP contribution in [0.4, 0.5) is 0 Å². The average Bonchev–Trinajstić information content (AvgIpc) is 2.91. The van der Waals surface area contributed by atoms with Crippen LogP contribution in [0.15, 0.2) is 36.7 Å². The van der Waals surface area contributed by atoms with Crippen molar-refractivity contribution in [3.8, 4) is 5.75 Å². The second-order valence-corrected chi connectivity index (χ2v) is 5.44. The molecule has 1 atom stereocenters. The number of hydrogen-bond donors (Lipinski definition) is 1. The number of nitrogens with two attached hydrogens (primary N) is 1. The van der Waals surface area contributed by atoms with Crippen LogP contribution in [0.1, 0.15) is 43.4 Å². The minimum atomic E-state index is 0.0508. The molecule has 1 unspecified atom stereocenters. The van der Waals surface area contributed by atoms with Gasteiger partial charge in [-0.15, -0.1) is 0 Å². The highest BCUT2D eigenvalue weighted by Crippen LogP contribution is 2.20. The Morgan fingerprint density at radius 3 is 2.67 bits per heavy atom. The van der Waals surface area contributed by atoms with Gasteiger partial charge in [0.25, 0.3) is 0 Å². The fraction of sp³-hybridized carbons (Fsp3) is 0.471. The number of benzene rings is 1. The summed E-state index contributed by atoms with van der Waals surface area (Å²) in [4.78, 5) is 0. The largest absolute Gasteiger partial charge is 0.494 e. The van der Waals surface area contributed by atoms with E-state index in [9.17, 15) is 0 Å². The third kappa shape index (κ3) is 4.90. The van der Waals surface area contributed by atoms with E-state index in [1.165, 1.54) is 5.56 Å². The van der Waals surface area contributed by atoms with Crippen molar-refractivity contribution in [2.75, 3.05) is 6.61 Å². The number of nitrogens with zero attached hydrogens (tertiary/aromatic N) is 2. The van der Waals surface area contributed by atoms with Crippen LogP contribution in [-0.2, 0) is 13.5 Å². The Balaban J connectivity index is 1.83. The molecule has 21 heavy (non-hydrogen) atoms. The molecule has 0 saturated heterocycles. The van der Waals surface area contributed by atoms with Crippen molar-refractivity contribution >= 4 is 0 Å². The van der Waals surface area contributed by atoms with Gasteiger partial charge in [-0.1, -0.05) is 25.5 Å². The first kappa shape index (κ1) is 15.6. The van der Waals surface area contributed by atoms with Gasteiger partial charge in [-0.2, -0.15) is 5.10 Å². The number of hydrogen-bond acceptors (Lipinski definition) is 3. The molecule has 0 amide bonds. The number of unbranched alkanes of at least 4 members (excludes halogenated alkanes) is 1. The molecule has 114 valence electrons. The lowest BCUT2D eigenvalue weighted by Crippen LogP contribution is -2.11. The van der Waals surface area contributed by atoms with E-state index in [0.717, 1.165) is 43.6 Å². The van der Waals surface area contributed by atoms with Crippen LogP contribution >= 0.6 is 0 Å². The maximum Gasteiger partial charge on any atom is 0.119 e. The second-order valence-electron chi connectivity index (χ2n) is 5.44. The van der Waals surface area contributed by atoms with Crippen molar-refractivity contribution in [2.45, 2.75) is 38.6 Å². The lowest BCUT2D eigenvalue weighted by atomic mass is 10.0. The summed E-state index contributed by atoms with van der Waals surface area (Å²) in [5.41, 5.74) is 8.64. The lowest BCUT2D eigenvalue weighted by Gasteiger charge is -2.12. The fourth-order valence-electron chi connectivity index (χ4n) is 2.24. The Kier molecular flexibility index (Phi) is 5.81. The first-order valence-electron chi connectivity index (χ1n) is 7.65. The van der Waals surface area contributed by atoms with E-state index < -0.39 is 0 Å². The van der Waals surface area contributed by atoms with Gasteiger partial charge in [0.15, 0.2) is 0 Å². The Bertz CT molecular complexity index is 533. The Labute approximate surface area is 126 Å². The molecule has 1 aromatic carbocycles. The highest BCUT2D eigenvalue weighted by molar-refractivity contribution is 5.29. The van der Waals surface area contributed by atoms with E-state index in [4.69, 9.17) is 10.5 Å². The van der Waals surface area contributed by atoms with Gasteiger partial charge in [-0.05, 0) is 42.5 Å². The molecule has 0 aliphatic heterocycles. The predicted molar refractivity (Wildman–Crippen MR) is 85.3 cm³/mol. The molecule has 4 heteroatoms. The molecular formula is C17H25N3O. The van der Waals surface area contributed by atoms with E-state index in [0.29, 0.717) is 0 Å². The summed E-state index contributed by atoms with van der Waals surface area (Å²) in [5.74, 6) is 0.923. The van der Waals surface area contributed by atoms with E-state index in [1.807, 2.05) is 36.3 Å². The Hall–Kier alpha value is -1.81. The second kappa shape index (κ2) is 7.84. The maximum absolute atomic E-state index is 6.25. The Morgan fingerprint density at radius 2 is 2.05 bits per heavy atom. The van der Waals surface area contributed by atoms with Crippen LogP contribution in [0, 0.1) is 0 Å². The lowest BCUT2D eigenvalue weighted by molar-refractivity contribution is 0.309. The van der Waals surface area contributed by atoms with Gasteiger partial charge in [0.2, 0.25) is 0 Å². The monoisotopic (exact) mass is 287 g/mol. The molecule has 0 fully saturated rings. The van der Waals surface area contributed by atoms with Gasteiger partial charge in [-0.25, -0.2) is 0 Å². The van der Waals surface area contributed by atoms with Crippen LogP contribution < -0.4 is 10.5 Å². The highest BCUT2D eigenvalue weighted by Gasteiger charge is 2.07. The number of aryl methyl sites for hydroxylation is 2. The van der Waals surface area contributed by atoms with Crippen LogP contribution in [-0.4, -0.2) is 16.4 Å². The topological polar surface area (TPSA) is 53.1 Å². The number of ether oxygens (including phenoxy) is 1. The predicted octanol–water partition coefficient (Wildman–Crippen LogP) is 3.23. The van der Waals surface area contributed by atoms with E-state index >= 15 is 0 Å². The third-order valence-corrected chi connectivity index (χ3v) is 3.58. The SMILES string of the molecule is CCCCOc1ccc(C(N)CCc2cnn(C)c2)cc1. The number of aromatic nitrogens is 2. The van der Waals surface area contributed by atoms with Gasteiger partial charge in [0.1, 0.15) is 5.75 Å². The maximum atomic E-state index is 6.25. The average molecular weight is 287 g/mol. The molecule has 0 aliphatic carbocycles. The van der Waals surface area contributed by atoms with Gasteiger partial charge in [0.05, 0.1) is 12.8 Å². The smallest absolute Gasteiger partial charge is 0.119 e. The first-order chi connectivity index (χ1) is 10.2. The summed E-state index contributed by atoms with van der Waals surface area (Å²) in [5, 5.41) is 4.17. The van der Waals surface area contributed by atoms with E-state index in [-0.39, 0.29) is 6.04 Å². The zero-order chi connectivity index (χ0) is 15.1. The first-order valence-corrected chi connectivity index (χ1v) is 7.65. The normalized spacial score (nSPS) is 12.3. The summed E-state index contributed by atoms with van der Waals surface area (Å²) >= 11 is 0. The quantitative estimate of drug-likeness (QED) is 0.758. The summed E-state index contributed by atoms with van der Waals surface area (Å²) in [7, 11) is 1.93. The summed E-state index contributed by atoms with van der Waals surface area (Å²) in [6, 6.07) is 8.20. The molecule has 1 heterocycles. The van der Waals surface area contributed by atoms with Gasteiger partial charge in [0, 0.05) is 19.3 Å². The molecule has 0 radical (unpaired) electrons. The summed E-state index contributed by atoms with van der Waals surface area (Å²) < 4.78 is 7.48. The third-order valence-electron chi connectivity index (χ3n) is 3.58. The molecule has 0 saturated carbocycles. The number of rotatable bonds is 8. The van der Waals surface area contributed by atoms with Crippen LogP contribution in [0.2, 0.25) is 0 Å². The molecule has 2 aromatic rings. The van der Waals surface area contributed by atoms with Crippen molar-refractivity contribution < 1.29 is 4.74 Å². The van der Waals surface area contributed by atoms with Gasteiger partial charge in [-0.3, -0.25) is 4.68 Å². The van der Waals surface area contributed by atoms with E-state index in [1.54, 1.807) is 0 Å². The molecule has 2 N–H and O–H groups in total. The zero-order valence-electron chi connectivity index (χ0n) is 13.0. The van der Waals surface area contributed by atoms with Crippen molar-refractivity contribution in [1.82, 2.24) is 9.78 Å². The summed E-state index contributed by atoms with van der Waals surface area (Å²) in [6.45, 7) is 2.94. The van der Waals surface area contributed by atoms with E-state index in [2.05, 4.69) is 24.2 Å². The van der Waals surface area contributed by atoms with Crippen LogP contribution in [0.5, 0.6) is 5.75 Å². The van der Waals surface area contributed by atoms with Crippen LogP contribution in [0.25, 0.3) is 0 Å². The minimum absolute atomic E-state index is 0.0508. The highest BCUT2D eigenvalue weighted by atomic mass is 16.5. The van der Waals surface area contributed by atoms with Crippen molar-refractivity contribution in [1.29, 1.82) is 0 Å². The molecule has 2 rings (SSSR count). The van der Waals surface area contributed by atoms with Crippen molar-refractivity contribution in [3.63, 3.8) is 0 Å². The standard InChI is InChI=1S/C17H25N3O/c1-3-4-11-21-16-8-6-15(7-9-16)17(18)10-5-14-12-19-20(2)13-14/h6-9,12-13,17H,3-5,10-11,18H2,1-2H3.